The van der Waals surface area contributed by atoms with Crippen LogP contribution in [0.5, 0.6) is 5.75 Å². The number of nitro groups is 1. The van der Waals surface area contributed by atoms with Crippen molar-refractivity contribution in [3.05, 3.63) is 40.0 Å². The first-order valence-electron chi connectivity index (χ1n) is 6.75. The molecule has 6 nitrogen and oxygen atoms in total. The number of hydrogen-bond donors (Lipinski definition) is 2. The summed E-state index contributed by atoms with van der Waals surface area (Å²) in [6.07, 6.45) is 3.08. The summed E-state index contributed by atoms with van der Waals surface area (Å²) in [7, 11) is 0. The topological polar surface area (TPSA) is 76.4 Å². The van der Waals surface area contributed by atoms with Gasteiger partial charge in [-0.05, 0) is 32.0 Å². The third-order valence-electron chi connectivity index (χ3n) is 3.15. The lowest BCUT2D eigenvalue weighted by Gasteiger charge is -2.16. The summed E-state index contributed by atoms with van der Waals surface area (Å²) >= 11 is 0. The Hall–Kier alpha value is -2.08. The molecule has 0 fully saturated rings. The Labute approximate surface area is 118 Å². The molecule has 0 bridgehead atoms. The van der Waals surface area contributed by atoms with E-state index in [1.165, 1.54) is 5.57 Å². The second kappa shape index (κ2) is 6.91. The predicted octanol–water partition coefficient (Wildman–Crippen LogP) is 2.33. The average molecular weight is 277 g/mol. The van der Waals surface area contributed by atoms with E-state index in [0.717, 1.165) is 19.5 Å². The summed E-state index contributed by atoms with van der Waals surface area (Å²) in [6, 6.07) is 5.09. The van der Waals surface area contributed by atoms with E-state index in [1.807, 2.05) is 6.92 Å². The third kappa shape index (κ3) is 3.48. The Bertz CT molecular complexity index is 514. The van der Waals surface area contributed by atoms with Crippen LogP contribution < -0.4 is 15.4 Å². The van der Waals surface area contributed by atoms with E-state index >= 15 is 0 Å². The van der Waals surface area contributed by atoms with Crippen molar-refractivity contribution >= 4 is 11.4 Å². The lowest BCUT2D eigenvalue weighted by Crippen LogP contribution is -2.23. The van der Waals surface area contributed by atoms with Crippen molar-refractivity contribution in [1.29, 1.82) is 0 Å². The van der Waals surface area contributed by atoms with E-state index in [-0.39, 0.29) is 5.69 Å². The van der Waals surface area contributed by atoms with Crippen LogP contribution >= 0.6 is 0 Å². The van der Waals surface area contributed by atoms with Crippen LogP contribution in [0.3, 0.4) is 0 Å². The predicted molar refractivity (Wildman–Crippen MR) is 78.3 cm³/mol. The van der Waals surface area contributed by atoms with E-state index in [1.54, 1.807) is 18.2 Å². The van der Waals surface area contributed by atoms with Gasteiger partial charge in [-0.15, -0.1) is 0 Å². The zero-order valence-electron chi connectivity index (χ0n) is 11.5. The first kappa shape index (κ1) is 14.3. The highest BCUT2D eigenvalue weighted by molar-refractivity contribution is 5.68. The number of ether oxygens (including phenoxy) is 1. The molecule has 0 atom stereocenters. The van der Waals surface area contributed by atoms with Crippen molar-refractivity contribution in [2.24, 2.45) is 0 Å². The van der Waals surface area contributed by atoms with Gasteiger partial charge >= 0.3 is 5.69 Å². The molecule has 0 aliphatic carbocycles. The SMILES string of the molecule is CCOc1cccc(NCC2=CCNCC2)c1[N+](=O)[O-]. The number of nitro benzene ring substituents is 1. The van der Waals surface area contributed by atoms with Gasteiger partial charge in [0.1, 0.15) is 5.69 Å². The molecule has 1 aromatic rings. The van der Waals surface area contributed by atoms with Gasteiger partial charge in [-0.1, -0.05) is 17.7 Å². The van der Waals surface area contributed by atoms with Gasteiger partial charge in [-0.2, -0.15) is 0 Å². The monoisotopic (exact) mass is 277 g/mol. The summed E-state index contributed by atoms with van der Waals surface area (Å²) in [5.74, 6) is 0.307. The van der Waals surface area contributed by atoms with Gasteiger partial charge in [0.2, 0.25) is 0 Å². The number of anilines is 1. The average Bonchev–Trinajstić information content (AvgIpc) is 2.46. The summed E-state index contributed by atoms with van der Waals surface area (Å²) in [6.45, 7) is 4.65. The summed E-state index contributed by atoms with van der Waals surface area (Å²) in [4.78, 5) is 10.8. The number of rotatable bonds is 6. The molecule has 0 aromatic heterocycles. The maximum Gasteiger partial charge on any atom is 0.333 e. The fraction of sp³-hybridized carbons (Fsp3) is 0.429. The van der Waals surface area contributed by atoms with Gasteiger partial charge in [0.25, 0.3) is 0 Å². The normalized spacial score (nSPS) is 14.6. The first-order valence-corrected chi connectivity index (χ1v) is 6.75. The molecule has 1 aliphatic rings. The summed E-state index contributed by atoms with van der Waals surface area (Å²) in [5, 5.41) is 17.6. The molecule has 2 N–H and O–H groups in total. The van der Waals surface area contributed by atoms with E-state index in [9.17, 15) is 10.1 Å². The van der Waals surface area contributed by atoms with E-state index in [4.69, 9.17) is 4.74 Å². The van der Waals surface area contributed by atoms with Crippen molar-refractivity contribution < 1.29 is 9.66 Å². The maximum atomic E-state index is 11.2. The van der Waals surface area contributed by atoms with Crippen molar-refractivity contribution in [1.82, 2.24) is 5.32 Å². The van der Waals surface area contributed by atoms with Gasteiger partial charge in [-0.25, -0.2) is 0 Å². The minimum absolute atomic E-state index is 0.00360. The van der Waals surface area contributed by atoms with Crippen LogP contribution in [0.25, 0.3) is 0 Å². The zero-order chi connectivity index (χ0) is 14.4. The van der Waals surface area contributed by atoms with Crippen LogP contribution in [0, 0.1) is 10.1 Å². The maximum absolute atomic E-state index is 11.2. The summed E-state index contributed by atoms with van der Waals surface area (Å²) in [5.41, 5.74) is 1.77. The largest absolute Gasteiger partial charge is 0.487 e. The molecule has 0 saturated carbocycles. The van der Waals surface area contributed by atoms with Crippen LogP contribution in [0.4, 0.5) is 11.4 Å². The molecule has 20 heavy (non-hydrogen) atoms. The van der Waals surface area contributed by atoms with Gasteiger partial charge in [0.05, 0.1) is 11.5 Å². The quantitative estimate of drug-likeness (QED) is 0.474. The van der Waals surface area contributed by atoms with E-state index in [0.29, 0.717) is 24.6 Å². The zero-order valence-corrected chi connectivity index (χ0v) is 11.5. The van der Waals surface area contributed by atoms with E-state index < -0.39 is 4.92 Å². The Morgan fingerprint density at radius 1 is 1.50 bits per heavy atom. The molecular formula is C14H19N3O3. The van der Waals surface area contributed by atoms with Gasteiger partial charge in [0, 0.05) is 13.1 Å². The molecule has 6 heteroatoms. The fourth-order valence-corrected chi connectivity index (χ4v) is 2.16. The van der Waals surface area contributed by atoms with Crippen LogP contribution in [0.15, 0.2) is 29.8 Å². The number of para-hydroxylation sites is 1. The Morgan fingerprint density at radius 2 is 2.35 bits per heavy atom. The lowest BCUT2D eigenvalue weighted by atomic mass is 10.1. The van der Waals surface area contributed by atoms with Crippen LogP contribution in [0.1, 0.15) is 13.3 Å². The van der Waals surface area contributed by atoms with Crippen LogP contribution in [-0.4, -0.2) is 31.2 Å². The highest BCUT2D eigenvalue weighted by atomic mass is 16.6. The number of nitrogens with zero attached hydrogens (tertiary/aromatic N) is 1. The molecule has 108 valence electrons. The minimum atomic E-state index is -0.399. The van der Waals surface area contributed by atoms with Gasteiger partial charge in [-0.3, -0.25) is 10.1 Å². The molecule has 0 radical (unpaired) electrons. The first-order chi connectivity index (χ1) is 9.72. The van der Waals surface area contributed by atoms with Crippen LogP contribution in [-0.2, 0) is 0 Å². The fourth-order valence-electron chi connectivity index (χ4n) is 2.16. The molecule has 1 aromatic carbocycles. The molecule has 0 saturated heterocycles. The van der Waals surface area contributed by atoms with Crippen molar-refractivity contribution in [2.75, 3.05) is 31.6 Å². The molecule has 0 spiro atoms. The molecular weight excluding hydrogens is 258 g/mol. The second-order valence-corrected chi connectivity index (χ2v) is 4.51. The van der Waals surface area contributed by atoms with Gasteiger partial charge < -0.3 is 15.4 Å². The molecule has 1 aliphatic heterocycles. The van der Waals surface area contributed by atoms with Crippen molar-refractivity contribution in [3.8, 4) is 5.75 Å². The number of hydrogen-bond acceptors (Lipinski definition) is 5. The third-order valence-corrected chi connectivity index (χ3v) is 3.15. The number of nitrogens with one attached hydrogen (secondary N) is 2. The van der Waals surface area contributed by atoms with E-state index in [2.05, 4.69) is 16.7 Å². The molecule has 2 rings (SSSR count). The van der Waals surface area contributed by atoms with Crippen molar-refractivity contribution in [3.63, 3.8) is 0 Å². The van der Waals surface area contributed by atoms with Gasteiger partial charge in [0.15, 0.2) is 5.75 Å². The highest BCUT2D eigenvalue weighted by Crippen LogP contribution is 2.34. The minimum Gasteiger partial charge on any atom is -0.487 e. The van der Waals surface area contributed by atoms with Crippen LogP contribution in [0.2, 0.25) is 0 Å². The standard InChI is InChI=1S/C14H19N3O3/c1-2-20-13-5-3-4-12(14(13)17(18)19)16-10-11-6-8-15-9-7-11/h3-6,15-16H,2,7-10H2,1H3. The smallest absolute Gasteiger partial charge is 0.333 e. The molecule has 1 heterocycles. The molecule has 0 amide bonds. The highest BCUT2D eigenvalue weighted by Gasteiger charge is 2.20. The van der Waals surface area contributed by atoms with Crippen molar-refractivity contribution in [2.45, 2.75) is 13.3 Å². The number of benzene rings is 1. The Balaban J connectivity index is 2.15. The molecule has 0 unspecified atom stereocenters. The second-order valence-electron chi connectivity index (χ2n) is 4.51. The Morgan fingerprint density at radius 3 is 3.00 bits per heavy atom. The Kier molecular flexibility index (Phi) is 4.95. The lowest BCUT2D eigenvalue weighted by molar-refractivity contribution is -0.384. The summed E-state index contributed by atoms with van der Waals surface area (Å²) < 4.78 is 5.32.